The minimum Gasteiger partial charge on any atom is -0.377 e. The Morgan fingerprint density at radius 3 is 2.89 bits per heavy atom. The number of rotatable bonds is 7. The number of nitrogens with zero attached hydrogens (tertiary/aromatic N) is 1. The summed E-state index contributed by atoms with van der Waals surface area (Å²) in [4.78, 5) is 3.81. The molecular weight excluding hydrogens is 256 g/mol. The maximum atomic E-state index is 12.0. The summed E-state index contributed by atoms with van der Waals surface area (Å²) in [5.41, 5.74) is 2.55. The van der Waals surface area contributed by atoms with Crippen LogP contribution in [-0.4, -0.2) is 32.7 Å². The number of nitrogens with two attached hydrogens (primary N) is 1. The minimum absolute atomic E-state index is 0.129. The number of pyridine rings is 1. The quantitative estimate of drug-likeness (QED) is 0.480. The highest BCUT2D eigenvalue weighted by atomic mass is 32.2. The largest absolute Gasteiger partial charge is 0.377 e. The van der Waals surface area contributed by atoms with Crippen LogP contribution in [0.5, 0.6) is 0 Å². The lowest BCUT2D eigenvalue weighted by Crippen LogP contribution is -2.33. The van der Waals surface area contributed by atoms with Crippen molar-refractivity contribution < 1.29 is 13.2 Å². The molecule has 4 N–H and O–H groups in total. The number of nitrogen functional groups attached to an aromatic ring is 1. The summed E-state index contributed by atoms with van der Waals surface area (Å²) < 4.78 is 31.7. The minimum atomic E-state index is -3.70. The molecule has 0 fully saturated rings. The number of aromatic nitrogens is 1. The van der Waals surface area contributed by atoms with E-state index >= 15 is 0 Å². The normalized spacial score (nSPS) is 13.3. The molecule has 102 valence electrons. The Morgan fingerprint density at radius 1 is 1.56 bits per heavy atom. The zero-order chi connectivity index (χ0) is 13.6. The van der Waals surface area contributed by atoms with E-state index in [9.17, 15) is 8.42 Å². The summed E-state index contributed by atoms with van der Waals surface area (Å²) in [6.07, 6.45) is 1.18. The second-order valence-electron chi connectivity index (χ2n) is 3.62. The first-order valence-electron chi connectivity index (χ1n) is 5.54. The highest BCUT2D eigenvalue weighted by Crippen LogP contribution is 2.16. The fourth-order valence-corrected chi connectivity index (χ4v) is 2.56. The van der Waals surface area contributed by atoms with Crippen molar-refractivity contribution in [1.82, 2.24) is 9.71 Å². The first-order valence-corrected chi connectivity index (χ1v) is 7.02. The van der Waals surface area contributed by atoms with Gasteiger partial charge in [-0.25, -0.2) is 18.1 Å². The van der Waals surface area contributed by atoms with E-state index in [1.807, 2.05) is 6.92 Å². The average Bonchev–Trinajstić information content (AvgIpc) is 2.37. The van der Waals surface area contributed by atoms with Crippen LogP contribution in [0.4, 0.5) is 5.69 Å². The Labute approximate surface area is 107 Å². The van der Waals surface area contributed by atoms with Crippen molar-refractivity contribution in [2.75, 3.05) is 18.6 Å². The van der Waals surface area contributed by atoms with Gasteiger partial charge in [0.1, 0.15) is 0 Å². The molecule has 0 spiro atoms. The molecule has 0 bridgehead atoms. The van der Waals surface area contributed by atoms with Crippen LogP contribution in [0.3, 0.4) is 0 Å². The molecule has 0 aromatic carbocycles. The summed E-state index contributed by atoms with van der Waals surface area (Å²) in [7, 11) is -3.70. The van der Waals surface area contributed by atoms with Crippen LogP contribution in [0.1, 0.15) is 13.8 Å². The molecule has 1 rings (SSSR count). The van der Waals surface area contributed by atoms with Crippen LogP contribution in [0, 0.1) is 0 Å². The topological polar surface area (TPSA) is 106 Å². The van der Waals surface area contributed by atoms with Gasteiger partial charge in [0, 0.05) is 19.3 Å². The maximum absolute atomic E-state index is 12.0. The van der Waals surface area contributed by atoms with E-state index in [0.717, 1.165) is 0 Å². The van der Waals surface area contributed by atoms with Gasteiger partial charge in [0.25, 0.3) is 10.0 Å². The molecule has 0 aliphatic carbocycles. The summed E-state index contributed by atoms with van der Waals surface area (Å²) in [6, 6.07) is 3.13. The van der Waals surface area contributed by atoms with E-state index in [1.54, 1.807) is 13.0 Å². The highest BCUT2D eigenvalue weighted by molar-refractivity contribution is 7.89. The Balaban J connectivity index is 2.80. The average molecular weight is 274 g/mol. The molecule has 18 heavy (non-hydrogen) atoms. The van der Waals surface area contributed by atoms with E-state index in [-0.39, 0.29) is 23.4 Å². The lowest BCUT2D eigenvalue weighted by Gasteiger charge is -2.13. The predicted octanol–water partition coefficient (Wildman–Crippen LogP) is 0.0705. The van der Waals surface area contributed by atoms with E-state index in [1.165, 1.54) is 12.3 Å². The molecule has 8 heteroatoms. The number of ether oxygens (including phenoxy) is 1. The summed E-state index contributed by atoms with van der Waals surface area (Å²) in [5.74, 6) is 5.24. The number of anilines is 1. The Kier molecular flexibility index (Phi) is 5.48. The van der Waals surface area contributed by atoms with E-state index in [4.69, 9.17) is 10.6 Å². The number of hydrogen-bond donors (Lipinski definition) is 3. The van der Waals surface area contributed by atoms with Crippen LogP contribution < -0.4 is 16.0 Å². The molecule has 0 aliphatic heterocycles. The van der Waals surface area contributed by atoms with Gasteiger partial charge in [0.05, 0.1) is 11.8 Å². The zero-order valence-corrected chi connectivity index (χ0v) is 11.2. The lowest BCUT2D eigenvalue weighted by molar-refractivity contribution is 0.0799. The van der Waals surface area contributed by atoms with Gasteiger partial charge in [-0.3, -0.25) is 5.84 Å². The molecule has 1 atom stereocenters. The van der Waals surface area contributed by atoms with Crippen molar-refractivity contribution >= 4 is 15.7 Å². The third kappa shape index (κ3) is 3.91. The maximum Gasteiger partial charge on any atom is 0.260 e. The molecule has 1 aromatic rings. The van der Waals surface area contributed by atoms with Gasteiger partial charge in [0.15, 0.2) is 5.03 Å². The molecule has 0 radical (unpaired) electrons. The van der Waals surface area contributed by atoms with Crippen molar-refractivity contribution in [3.63, 3.8) is 0 Å². The standard InChI is InChI=1S/C10H18N4O3S/c1-3-17-8(2)7-13-18(15,16)10-9(14-11)5-4-6-12-10/h4-6,8,13-14H,3,7,11H2,1-2H3. The monoisotopic (exact) mass is 274 g/mol. The summed E-state index contributed by atoms with van der Waals surface area (Å²) in [6.45, 7) is 4.34. The van der Waals surface area contributed by atoms with Gasteiger partial charge in [-0.15, -0.1) is 0 Å². The Bertz CT molecular complexity index is 478. The third-order valence-corrected chi connectivity index (χ3v) is 3.57. The Hall–Kier alpha value is -1.22. The first-order chi connectivity index (χ1) is 8.51. The fraction of sp³-hybridized carbons (Fsp3) is 0.500. The van der Waals surface area contributed by atoms with Crippen molar-refractivity contribution in [2.45, 2.75) is 25.0 Å². The van der Waals surface area contributed by atoms with Crippen LogP contribution in [0.2, 0.25) is 0 Å². The molecular formula is C10H18N4O3S. The van der Waals surface area contributed by atoms with Crippen molar-refractivity contribution in [3.05, 3.63) is 18.3 Å². The van der Waals surface area contributed by atoms with Gasteiger partial charge in [-0.1, -0.05) is 0 Å². The van der Waals surface area contributed by atoms with E-state index in [2.05, 4.69) is 15.1 Å². The molecule has 7 nitrogen and oxygen atoms in total. The highest BCUT2D eigenvalue weighted by Gasteiger charge is 2.20. The molecule has 1 unspecified atom stereocenters. The molecule has 1 aromatic heterocycles. The van der Waals surface area contributed by atoms with Crippen molar-refractivity contribution in [3.8, 4) is 0 Å². The third-order valence-electron chi connectivity index (χ3n) is 2.19. The van der Waals surface area contributed by atoms with Gasteiger partial charge in [-0.2, -0.15) is 0 Å². The van der Waals surface area contributed by atoms with Crippen molar-refractivity contribution in [1.29, 1.82) is 0 Å². The number of sulfonamides is 1. The molecule has 0 saturated heterocycles. The second-order valence-corrected chi connectivity index (χ2v) is 5.30. The van der Waals surface area contributed by atoms with E-state index < -0.39 is 10.0 Å². The van der Waals surface area contributed by atoms with Gasteiger partial charge in [-0.05, 0) is 26.0 Å². The molecule has 1 heterocycles. The fourth-order valence-electron chi connectivity index (χ4n) is 1.35. The summed E-state index contributed by atoms with van der Waals surface area (Å²) >= 11 is 0. The summed E-state index contributed by atoms with van der Waals surface area (Å²) in [5, 5.41) is -0.129. The lowest BCUT2D eigenvalue weighted by atomic mass is 10.4. The van der Waals surface area contributed by atoms with Crippen LogP contribution in [0.15, 0.2) is 23.4 Å². The van der Waals surface area contributed by atoms with E-state index in [0.29, 0.717) is 6.61 Å². The number of hydrazine groups is 1. The first kappa shape index (κ1) is 14.8. The van der Waals surface area contributed by atoms with Gasteiger partial charge < -0.3 is 10.2 Å². The number of hydrogen-bond acceptors (Lipinski definition) is 6. The molecule has 0 aliphatic rings. The zero-order valence-electron chi connectivity index (χ0n) is 10.4. The smallest absolute Gasteiger partial charge is 0.260 e. The Morgan fingerprint density at radius 2 is 2.28 bits per heavy atom. The predicted molar refractivity (Wildman–Crippen MR) is 68.3 cm³/mol. The van der Waals surface area contributed by atoms with Crippen LogP contribution in [-0.2, 0) is 14.8 Å². The van der Waals surface area contributed by atoms with Crippen LogP contribution >= 0.6 is 0 Å². The SMILES string of the molecule is CCOC(C)CNS(=O)(=O)c1ncccc1NN. The molecule has 0 amide bonds. The number of nitrogens with one attached hydrogen (secondary N) is 2. The molecule has 0 saturated carbocycles. The van der Waals surface area contributed by atoms with Crippen molar-refractivity contribution in [2.24, 2.45) is 5.84 Å². The second kappa shape index (κ2) is 6.64. The van der Waals surface area contributed by atoms with Gasteiger partial charge in [0.2, 0.25) is 0 Å². The van der Waals surface area contributed by atoms with Gasteiger partial charge >= 0.3 is 0 Å². The van der Waals surface area contributed by atoms with Crippen LogP contribution in [0.25, 0.3) is 0 Å².